The van der Waals surface area contributed by atoms with Gasteiger partial charge < -0.3 is 9.80 Å². The van der Waals surface area contributed by atoms with Crippen LogP contribution in [0.15, 0.2) is 0 Å². The predicted molar refractivity (Wildman–Crippen MR) is 77.9 cm³/mol. The molecule has 0 bridgehead atoms. The van der Waals surface area contributed by atoms with Gasteiger partial charge in [0.15, 0.2) is 0 Å². The summed E-state index contributed by atoms with van der Waals surface area (Å²) in [5.41, 5.74) is -0.171. The second kappa shape index (κ2) is 5.83. The quantitative estimate of drug-likeness (QED) is 0.830. The topological polar surface area (TPSA) is 82.2 Å². The van der Waals surface area contributed by atoms with Crippen LogP contribution in [0.25, 0.3) is 0 Å². The smallest absolute Gasteiger partial charge is 0.293 e. The Hall–Kier alpha value is -1.92. The molecule has 0 spiro atoms. The molecule has 1 saturated heterocycles. The van der Waals surface area contributed by atoms with Crippen molar-refractivity contribution in [3.63, 3.8) is 0 Å². The summed E-state index contributed by atoms with van der Waals surface area (Å²) in [5.74, 6) is 0.784. The van der Waals surface area contributed by atoms with Gasteiger partial charge in [-0.25, -0.2) is 4.98 Å². The van der Waals surface area contributed by atoms with Gasteiger partial charge in [-0.3, -0.25) is 14.7 Å². The van der Waals surface area contributed by atoms with Gasteiger partial charge in [-0.15, -0.1) is 5.10 Å². The molecule has 1 aliphatic heterocycles. The van der Waals surface area contributed by atoms with Crippen LogP contribution in [0.4, 0.5) is 0 Å². The van der Waals surface area contributed by atoms with E-state index < -0.39 is 0 Å². The Bertz CT molecular complexity index is 532. The zero-order valence-electron chi connectivity index (χ0n) is 13.1. The third-order valence-electron chi connectivity index (χ3n) is 3.62. The van der Waals surface area contributed by atoms with E-state index >= 15 is 0 Å². The number of hydrogen-bond donors (Lipinski definition) is 1. The molecular formula is C14H23N5O2. The number of aromatic nitrogens is 3. The maximum atomic E-state index is 12.4. The molecule has 2 heterocycles. The van der Waals surface area contributed by atoms with E-state index in [1.807, 2.05) is 20.8 Å². The summed E-state index contributed by atoms with van der Waals surface area (Å²) in [5, 5.41) is 6.87. The molecule has 0 unspecified atom stereocenters. The Morgan fingerprint density at radius 2 is 1.71 bits per heavy atom. The summed E-state index contributed by atoms with van der Waals surface area (Å²) in [6, 6.07) is 0. The summed E-state index contributed by atoms with van der Waals surface area (Å²) in [6.07, 6.45) is 0.780. The highest BCUT2D eigenvalue weighted by Gasteiger charge is 2.26. The van der Waals surface area contributed by atoms with E-state index in [1.165, 1.54) is 0 Å². The van der Waals surface area contributed by atoms with Gasteiger partial charge in [-0.2, -0.15) is 0 Å². The van der Waals surface area contributed by atoms with Crippen molar-refractivity contribution < 1.29 is 9.59 Å². The first-order chi connectivity index (χ1) is 9.79. The molecule has 0 aliphatic carbocycles. The maximum Gasteiger partial charge on any atom is 0.293 e. The molecule has 0 saturated carbocycles. The summed E-state index contributed by atoms with van der Waals surface area (Å²) in [7, 11) is 0. The zero-order chi connectivity index (χ0) is 15.6. The average Bonchev–Trinajstić information content (AvgIpc) is 2.76. The molecule has 116 valence electrons. The highest BCUT2D eigenvalue weighted by atomic mass is 16.2. The Morgan fingerprint density at radius 3 is 2.29 bits per heavy atom. The molecule has 1 aromatic heterocycles. The van der Waals surface area contributed by atoms with Gasteiger partial charge in [-0.1, -0.05) is 20.8 Å². The number of nitrogens with one attached hydrogen (secondary N) is 1. The number of carbonyl (C=O) groups excluding carboxylic acids is 2. The second-order valence-electron chi connectivity index (χ2n) is 6.41. The second-order valence-corrected chi connectivity index (χ2v) is 6.41. The third-order valence-corrected chi connectivity index (χ3v) is 3.62. The SMILES string of the molecule is CC(=O)N1CCCN(C(=O)c2n[nH]c(C(C)(C)C)n2)CC1. The van der Waals surface area contributed by atoms with Gasteiger partial charge in [0.25, 0.3) is 5.91 Å². The van der Waals surface area contributed by atoms with E-state index in [0.29, 0.717) is 32.0 Å². The lowest BCUT2D eigenvalue weighted by molar-refractivity contribution is -0.128. The van der Waals surface area contributed by atoms with Crippen LogP contribution in [0, 0.1) is 0 Å². The van der Waals surface area contributed by atoms with Crippen molar-refractivity contribution in [1.29, 1.82) is 0 Å². The third kappa shape index (κ3) is 3.59. The minimum atomic E-state index is -0.174. The van der Waals surface area contributed by atoms with Gasteiger partial charge in [0, 0.05) is 38.5 Å². The molecule has 7 heteroatoms. The van der Waals surface area contributed by atoms with Crippen LogP contribution in [-0.2, 0) is 10.2 Å². The van der Waals surface area contributed by atoms with Crippen molar-refractivity contribution in [1.82, 2.24) is 25.0 Å². The van der Waals surface area contributed by atoms with E-state index in [0.717, 1.165) is 6.42 Å². The molecular weight excluding hydrogens is 270 g/mol. The molecule has 0 radical (unpaired) electrons. The fourth-order valence-electron chi connectivity index (χ4n) is 2.27. The number of carbonyl (C=O) groups is 2. The molecule has 0 aromatic carbocycles. The minimum absolute atomic E-state index is 0.0530. The fourth-order valence-corrected chi connectivity index (χ4v) is 2.27. The van der Waals surface area contributed by atoms with E-state index in [-0.39, 0.29) is 23.1 Å². The fraction of sp³-hybridized carbons (Fsp3) is 0.714. The Morgan fingerprint density at radius 1 is 1.10 bits per heavy atom. The molecule has 2 rings (SSSR count). The Kier molecular flexibility index (Phi) is 4.29. The van der Waals surface area contributed by atoms with Gasteiger partial charge in [0.1, 0.15) is 5.82 Å². The summed E-state index contributed by atoms with van der Waals surface area (Å²) < 4.78 is 0. The van der Waals surface area contributed by atoms with Crippen molar-refractivity contribution in [3.8, 4) is 0 Å². The molecule has 1 N–H and O–H groups in total. The monoisotopic (exact) mass is 293 g/mol. The maximum absolute atomic E-state index is 12.4. The van der Waals surface area contributed by atoms with E-state index in [1.54, 1.807) is 16.7 Å². The lowest BCUT2D eigenvalue weighted by Crippen LogP contribution is -2.37. The van der Waals surface area contributed by atoms with Crippen molar-refractivity contribution in [3.05, 3.63) is 11.6 Å². The van der Waals surface area contributed by atoms with Crippen molar-refractivity contribution in [2.24, 2.45) is 0 Å². The van der Waals surface area contributed by atoms with Crippen LogP contribution >= 0.6 is 0 Å². The largest absolute Gasteiger partial charge is 0.341 e. The first-order valence-electron chi connectivity index (χ1n) is 7.26. The molecule has 1 aromatic rings. The number of nitrogens with zero attached hydrogens (tertiary/aromatic N) is 4. The molecule has 1 aliphatic rings. The molecule has 1 fully saturated rings. The molecule has 7 nitrogen and oxygen atoms in total. The van der Waals surface area contributed by atoms with Gasteiger partial charge in [-0.05, 0) is 6.42 Å². The highest BCUT2D eigenvalue weighted by Crippen LogP contribution is 2.18. The number of amides is 2. The van der Waals surface area contributed by atoms with Gasteiger partial charge in [0.2, 0.25) is 11.7 Å². The minimum Gasteiger partial charge on any atom is -0.341 e. The number of H-pyrrole nitrogens is 1. The average molecular weight is 293 g/mol. The van der Waals surface area contributed by atoms with E-state index in [4.69, 9.17) is 0 Å². The predicted octanol–water partition coefficient (Wildman–Crippen LogP) is 0.797. The van der Waals surface area contributed by atoms with Gasteiger partial charge >= 0.3 is 0 Å². The van der Waals surface area contributed by atoms with Crippen LogP contribution in [0.3, 0.4) is 0 Å². The van der Waals surface area contributed by atoms with Crippen LogP contribution < -0.4 is 0 Å². The standard InChI is InChI=1S/C14H23N5O2/c1-10(20)18-6-5-7-19(9-8-18)12(21)11-15-13(17-16-11)14(2,3)4/h5-9H2,1-4H3,(H,15,16,17). The van der Waals surface area contributed by atoms with Crippen LogP contribution in [0.5, 0.6) is 0 Å². The Labute approximate surface area is 124 Å². The van der Waals surface area contributed by atoms with Crippen LogP contribution in [0.2, 0.25) is 0 Å². The number of hydrogen-bond acceptors (Lipinski definition) is 4. The summed E-state index contributed by atoms with van der Waals surface area (Å²) >= 11 is 0. The molecule has 2 amide bonds. The van der Waals surface area contributed by atoms with E-state index in [9.17, 15) is 9.59 Å². The van der Waals surface area contributed by atoms with Crippen molar-refractivity contribution in [2.45, 2.75) is 39.5 Å². The first kappa shape index (κ1) is 15.5. The lowest BCUT2D eigenvalue weighted by Gasteiger charge is -2.20. The normalized spacial score (nSPS) is 16.8. The molecule has 21 heavy (non-hydrogen) atoms. The highest BCUT2D eigenvalue weighted by molar-refractivity contribution is 5.90. The number of aromatic amines is 1. The number of rotatable bonds is 1. The van der Waals surface area contributed by atoms with Crippen molar-refractivity contribution in [2.75, 3.05) is 26.2 Å². The summed E-state index contributed by atoms with van der Waals surface area (Å²) in [4.78, 5) is 31.6. The van der Waals surface area contributed by atoms with Crippen LogP contribution in [0.1, 0.15) is 50.6 Å². The first-order valence-corrected chi connectivity index (χ1v) is 7.26. The van der Waals surface area contributed by atoms with Crippen molar-refractivity contribution >= 4 is 11.8 Å². The zero-order valence-corrected chi connectivity index (χ0v) is 13.1. The van der Waals surface area contributed by atoms with Gasteiger partial charge in [0.05, 0.1) is 0 Å². The Balaban J connectivity index is 2.06. The molecule has 0 atom stereocenters. The summed E-state index contributed by atoms with van der Waals surface area (Å²) in [6.45, 7) is 10.0. The lowest BCUT2D eigenvalue weighted by atomic mass is 9.96. The van der Waals surface area contributed by atoms with E-state index in [2.05, 4.69) is 15.2 Å². The van der Waals surface area contributed by atoms with Crippen LogP contribution in [-0.4, -0.2) is 63.0 Å².